The highest BCUT2D eigenvalue weighted by Crippen LogP contribution is 2.31. The molecule has 1 fully saturated rings. The Morgan fingerprint density at radius 2 is 1.84 bits per heavy atom. The number of morpholine rings is 1. The largest absolute Gasteiger partial charge is 0.507 e. The van der Waals surface area contributed by atoms with Crippen LogP contribution in [0.15, 0.2) is 30.1 Å². The minimum Gasteiger partial charge on any atom is -0.507 e. The van der Waals surface area contributed by atoms with Crippen molar-refractivity contribution in [2.45, 2.75) is 38.1 Å². The van der Waals surface area contributed by atoms with Gasteiger partial charge in [-0.2, -0.15) is 0 Å². The molecule has 0 aliphatic carbocycles. The highest BCUT2D eigenvalue weighted by Gasteiger charge is 2.28. The maximum atomic E-state index is 14.0. The molecule has 168 valence electrons. The van der Waals surface area contributed by atoms with Gasteiger partial charge in [0.2, 0.25) is 5.78 Å². The standard InChI is InChI=1S/C22H26FNO7/c1-13-5-6-16(23)20(27)21(28)17(25)4-2-3-14-11-15(24-7-9-30-10-8-24)12-18(26)19(14)22(29)31-13/h2-3,6,11-13,17,21,25-26,28H,4-5,7-10H2,1H3/b3-2+,16-6+/t13-,17-,21-/m0/s1. The van der Waals surface area contributed by atoms with Gasteiger partial charge >= 0.3 is 5.97 Å². The monoisotopic (exact) mass is 435 g/mol. The van der Waals surface area contributed by atoms with Crippen LogP contribution in [-0.4, -0.2) is 71.7 Å². The van der Waals surface area contributed by atoms with E-state index >= 15 is 0 Å². The van der Waals surface area contributed by atoms with E-state index in [0.29, 0.717) is 37.6 Å². The Bertz CT molecular complexity index is 892. The van der Waals surface area contributed by atoms with E-state index < -0.39 is 35.9 Å². The summed E-state index contributed by atoms with van der Waals surface area (Å²) in [7, 11) is 0. The van der Waals surface area contributed by atoms with E-state index in [2.05, 4.69) is 0 Å². The number of hydrogen-bond acceptors (Lipinski definition) is 8. The summed E-state index contributed by atoms with van der Waals surface area (Å²) in [6, 6.07) is 3.19. The smallest absolute Gasteiger partial charge is 0.342 e. The molecular weight excluding hydrogens is 409 g/mol. The molecular formula is C22H26FNO7. The molecule has 0 saturated carbocycles. The van der Waals surface area contributed by atoms with Crippen molar-refractivity contribution < 1.29 is 38.8 Å². The number of hydrogen-bond donors (Lipinski definition) is 3. The minimum absolute atomic E-state index is 0.0623. The molecule has 0 spiro atoms. The normalized spacial score (nSPS) is 28.7. The first-order valence-electron chi connectivity index (χ1n) is 10.1. The van der Waals surface area contributed by atoms with E-state index in [1.807, 2.05) is 4.90 Å². The molecule has 0 amide bonds. The maximum absolute atomic E-state index is 14.0. The number of rotatable bonds is 1. The molecule has 0 bridgehead atoms. The number of nitrogens with zero attached hydrogens (tertiary/aromatic N) is 1. The molecule has 3 atom stereocenters. The highest BCUT2D eigenvalue weighted by molar-refractivity contribution is 5.98. The van der Waals surface area contributed by atoms with Crippen LogP contribution in [0.3, 0.4) is 0 Å². The van der Waals surface area contributed by atoms with Gasteiger partial charge in [-0.1, -0.05) is 12.2 Å². The molecule has 8 nitrogen and oxygen atoms in total. The summed E-state index contributed by atoms with van der Waals surface area (Å²) in [4.78, 5) is 26.7. The Kier molecular flexibility index (Phi) is 7.42. The van der Waals surface area contributed by atoms with Gasteiger partial charge in [-0.15, -0.1) is 0 Å². The molecule has 2 aliphatic heterocycles. The Balaban J connectivity index is 1.99. The first kappa shape index (κ1) is 22.9. The Morgan fingerprint density at radius 3 is 2.55 bits per heavy atom. The molecule has 1 saturated heterocycles. The Labute approximate surface area is 179 Å². The molecule has 9 heteroatoms. The zero-order valence-corrected chi connectivity index (χ0v) is 17.2. The summed E-state index contributed by atoms with van der Waals surface area (Å²) in [5.74, 6) is -3.51. The van der Waals surface area contributed by atoms with E-state index in [9.17, 15) is 29.3 Å². The van der Waals surface area contributed by atoms with Gasteiger partial charge in [0.1, 0.15) is 23.5 Å². The number of ether oxygens (including phenoxy) is 2. The van der Waals surface area contributed by atoms with Crippen LogP contribution in [0.25, 0.3) is 6.08 Å². The van der Waals surface area contributed by atoms with Crippen LogP contribution in [0.4, 0.5) is 10.1 Å². The molecule has 0 unspecified atom stereocenters. The van der Waals surface area contributed by atoms with Crippen LogP contribution in [0, 0.1) is 0 Å². The molecule has 3 N–H and O–H groups in total. The minimum atomic E-state index is -1.92. The van der Waals surface area contributed by atoms with Crippen molar-refractivity contribution >= 4 is 23.5 Å². The lowest BCUT2D eigenvalue weighted by Gasteiger charge is -2.29. The fourth-order valence-electron chi connectivity index (χ4n) is 3.43. The number of ketones is 1. The number of benzene rings is 1. The second kappa shape index (κ2) is 10.0. The molecule has 0 aromatic heterocycles. The van der Waals surface area contributed by atoms with E-state index in [-0.39, 0.29) is 24.2 Å². The number of anilines is 1. The molecule has 3 rings (SSSR count). The third-order valence-corrected chi connectivity index (χ3v) is 5.19. The summed E-state index contributed by atoms with van der Waals surface area (Å²) in [5.41, 5.74) is 0.977. The molecule has 31 heavy (non-hydrogen) atoms. The van der Waals surface area contributed by atoms with E-state index in [0.717, 1.165) is 6.08 Å². The summed E-state index contributed by atoms with van der Waals surface area (Å²) >= 11 is 0. The number of aliphatic hydroxyl groups is 2. The number of halogens is 1. The predicted molar refractivity (Wildman–Crippen MR) is 110 cm³/mol. The van der Waals surface area contributed by atoms with Gasteiger partial charge in [0.05, 0.1) is 19.3 Å². The SMILES string of the molecule is C[C@H]1C/C=C(/F)C(=O)[C@@H](O)[C@@H](O)C/C=C/c2cc(N3CCOCC3)cc(O)c2C(=O)O1. The number of esters is 1. The lowest BCUT2D eigenvalue weighted by Crippen LogP contribution is -2.36. The molecule has 1 aromatic rings. The van der Waals surface area contributed by atoms with Gasteiger partial charge in [0, 0.05) is 31.3 Å². The summed E-state index contributed by atoms with van der Waals surface area (Å²) in [6.45, 7) is 3.82. The number of aromatic hydroxyl groups is 1. The number of aliphatic hydroxyl groups excluding tert-OH is 2. The van der Waals surface area contributed by atoms with Gasteiger partial charge in [0.25, 0.3) is 0 Å². The summed E-state index contributed by atoms with van der Waals surface area (Å²) in [6.07, 6.45) is -0.719. The van der Waals surface area contributed by atoms with Crippen molar-refractivity contribution in [1.82, 2.24) is 0 Å². The number of phenolic OH excluding ortho intramolecular Hbond substituents is 1. The summed E-state index contributed by atoms with van der Waals surface area (Å²) in [5, 5.41) is 30.6. The van der Waals surface area contributed by atoms with Gasteiger partial charge in [-0.25, -0.2) is 9.18 Å². The van der Waals surface area contributed by atoms with Gasteiger partial charge in [-0.05, 0) is 31.1 Å². The number of carbonyl (C=O) groups is 2. The van der Waals surface area contributed by atoms with E-state index in [1.54, 1.807) is 6.07 Å². The third-order valence-electron chi connectivity index (χ3n) is 5.19. The highest BCUT2D eigenvalue weighted by atomic mass is 19.1. The van der Waals surface area contributed by atoms with Crippen molar-refractivity contribution in [3.8, 4) is 5.75 Å². The molecule has 1 aromatic carbocycles. The second-order valence-corrected chi connectivity index (χ2v) is 7.55. The van der Waals surface area contributed by atoms with Gasteiger partial charge in [0.15, 0.2) is 5.83 Å². The van der Waals surface area contributed by atoms with Crippen LogP contribution >= 0.6 is 0 Å². The predicted octanol–water partition coefficient (Wildman–Crippen LogP) is 1.73. The van der Waals surface area contributed by atoms with Crippen molar-refractivity contribution in [3.63, 3.8) is 0 Å². The first-order valence-corrected chi connectivity index (χ1v) is 10.1. The average molecular weight is 435 g/mol. The topological polar surface area (TPSA) is 117 Å². The quantitative estimate of drug-likeness (QED) is 0.571. The number of phenols is 1. The van der Waals surface area contributed by atoms with Gasteiger partial charge < -0.3 is 29.7 Å². The maximum Gasteiger partial charge on any atom is 0.342 e. The van der Waals surface area contributed by atoms with Crippen LogP contribution in [-0.2, 0) is 14.3 Å². The Morgan fingerprint density at radius 1 is 1.13 bits per heavy atom. The number of carbonyl (C=O) groups excluding carboxylic acids is 2. The van der Waals surface area contributed by atoms with Crippen LogP contribution < -0.4 is 4.90 Å². The zero-order valence-electron chi connectivity index (χ0n) is 17.2. The first-order chi connectivity index (χ1) is 14.8. The fourth-order valence-corrected chi connectivity index (χ4v) is 3.43. The van der Waals surface area contributed by atoms with Crippen LogP contribution in [0.2, 0.25) is 0 Å². The average Bonchev–Trinajstić information content (AvgIpc) is 2.75. The lowest BCUT2D eigenvalue weighted by molar-refractivity contribution is -0.130. The van der Waals surface area contributed by atoms with Crippen LogP contribution in [0.5, 0.6) is 5.75 Å². The van der Waals surface area contributed by atoms with E-state index in [4.69, 9.17) is 9.47 Å². The van der Waals surface area contributed by atoms with Crippen molar-refractivity contribution in [1.29, 1.82) is 0 Å². The van der Waals surface area contributed by atoms with Gasteiger partial charge in [-0.3, -0.25) is 4.79 Å². The van der Waals surface area contributed by atoms with Crippen molar-refractivity contribution in [2.24, 2.45) is 0 Å². The molecule has 2 heterocycles. The summed E-state index contributed by atoms with van der Waals surface area (Å²) < 4.78 is 24.7. The molecule has 0 radical (unpaired) electrons. The Hall–Kier alpha value is -2.75. The molecule has 2 aliphatic rings. The number of Topliss-reactive ketones (excluding diaryl/α,β-unsaturated/α-hetero) is 1. The zero-order chi connectivity index (χ0) is 22.5. The third kappa shape index (κ3) is 5.49. The lowest BCUT2D eigenvalue weighted by atomic mass is 10.0. The fraction of sp³-hybridized carbons (Fsp3) is 0.455. The van der Waals surface area contributed by atoms with E-state index in [1.165, 1.54) is 25.1 Å². The van der Waals surface area contributed by atoms with Crippen LogP contribution in [0.1, 0.15) is 35.7 Å². The number of fused-ring (bicyclic) bond motifs is 1. The second-order valence-electron chi connectivity index (χ2n) is 7.55. The number of cyclic esters (lactones) is 1. The van der Waals surface area contributed by atoms with Crippen molar-refractivity contribution in [2.75, 3.05) is 31.2 Å². The van der Waals surface area contributed by atoms with Crippen molar-refractivity contribution in [3.05, 3.63) is 41.2 Å².